The first-order valence-corrected chi connectivity index (χ1v) is 5.56. The minimum Gasteiger partial charge on any atom is -0.366 e. The maximum atomic E-state index is 11.2. The molecule has 0 atom stereocenters. The maximum absolute atomic E-state index is 11.2. The lowest BCUT2D eigenvalue weighted by molar-refractivity contribution is 0.1000. The number of nitrogens with two attached hydrogens (primary N) is 1. The number of amides is 1. The summed E-state index contributed by atoms with van der Waals surface area (Å²) in [6.07, 6.45) is 0. The van der Waals surface area contributed by atoms with Crippen LogP contribution >= 0.6 is 23.7 Å². The fourth-order valence-electron chi connectivity index (χ4n) is 1.50. The van der Waals surface area contributed by atoms with Gasteiger partial charge in [-0.1, -0.05) is 12.1 Å². The van der Waals surface area contributed by atoms with Gasteiger partial charge in [0.2, 0.25) is 5.91 Å². The molecule has 84 valence electrons. The van der Waals surface area contributed by atoms with E-state index in [4.69, 9.17) is 5.73 Å². The third-order valence-corrected chi connectivity index (χ3v) is 3.04. The Hall–Kier alpha value is -1.32. The summed E-state index contributed by atoms with van der Waals surface area (Å²) in [5.74, 6) is -0.371. The van der Waals surface area contributed by atoms with Gasteiger partial charge in [-0.3, -0.25) is 4.79 Å². The van der Waals surface area contributed by atoms with Gasteiger partial charge in [-0.2, -0.15) is 11.3 Å². The maximum Gasteiger partial charge on any atom is 0.248 e. The molecule has 0 saturated heterocycles. The fraction of sp³-hybridized carbons (Fsp3) is 0.0833. The van der Waals surface area contributed by atoms with Crippen LogP contribution in [0.5, 0.6) is 0 Å². The molecule has 0 bridgehead atoms. The topological polar surface area (TPSA) is 43.1 Å². The summed E-state index contributed by atoms with van der Waals surface area (Å²) in [6, 6.07) is 7.80. The van der Waals surface area contributed by atoms with Gasteiger partial charge in [0, 0.05) is 5.56 Å². The second kappa shape index (κ2) is 5.14. The van der Waals surface area contributed by atoms with Gasteiger partial charge in [-0.15, -0.1) is 12.4 Å². The van der Waals surface area contributed by atoms with Crippen molar-refractivity contribution in [3.63, 3.8) is 0 Å². The normalized spacial score (nSPS) is 9.56. The van der Waals surface area contributed by atoms with E-state index in [1.807, 2.05) is 36.6 Å². The predicted molar refractivity (Wildman–Crippen MR) is 70.3 cm³/mol. The van der Waals surface area contributed by atoms with E-state index in [1.54, 1.807) is 11.3 Å². The molecule has 2 rings (SSSR count). The molecule has 0 aliphatic heterocycles. The highest BCUT2D eigenvalue weighted by Gasteiger charge is 2.06. The van der Waals surface area contributed by atoms with Crippen LogP contribution in [-0.4, -0.2) is 5.91 Å². The Morgan fingerprint density at radius 2 is 2.00 bits per heavy atom. The molecule has 0 spiro atoms. The smallest absolute Gasteiger partial charge is 0.248 e. The third-order valence-electron chi connectivity index (χ3n) is 2.36. The van der Waals surface area contributed by atoms with Crippen LogP contribution < -0.4 is 5.73 Å². The van der Waals surface area contributed by atoms with E-state index in [9.17, 15) is 4.79 Å². The summed E-state index contributed by atoms with van der Waals surface area (Å²) < 4.78 is 0. The fourth-order valence-corrected chi connectivity index (χ4v) is 2.16. The number of hydrogen-bond donors (Lipinski definition) is 1. The van der Waals surface area contributed by atoms with Crippen LogP contribution in [0.1, 0.15) is 15.9 Å². The van der Waals surface area contributed by atoms with E-state index < -0.39 is 0 Å². The second-order valence-corrected chi connectivity index (χ2v) is 4.19. The molecule has 1 amide bonds. The van der Waals surface area contributed by atoms with Gasteiger partial charge in [0.1, 0.15) is 0 Å². The van der Waals surface area contributed by atoms with Crippen LogP contribution in [0, 0.1) is 6.92 Å². The lowest BCUT2D eigenvalue weighted by Gasteiger charge is -2.04. The lowest BCUT2D eigenvalue weighted by Crippen LogP contribution is -2.12. The molecule has 2 nitrogen and oxygen atoms in total. The van der Waals surface area contributed by atoms with Gasteiger partial charge in [0.05, 0.1) is 0 Å². The molecule has 0 saturated carbocycles. The summed E-state index contributed by atoms with van der Waals surface area (Å²) in [5, 5.41) is 4.06. The number of carbonyl (C=O) groups is 1. The first-order chi connectivity index (χ1) is 7.18. The zero-order chi connectivity index (χ0) is 10.8. The van der Waals surface area contributed by atoms with Crippen molar-refractivity contribution in [1.82, 2.24) is 0 Å². The standard InChI is InChI=1S/C12H11NOS.ClH/c1-8-2-3-9(6-11(8)12(13)14)10-4-5-15-7-10;/h2-7H,1H3,(H2,13,14);1H. The van der Waals surface area contributed by atoms with E-state index in [2.05, 4.69) is 5.38 Å². The van der Waals surface area contributed by atoms with Crippen molar-refractivity contribution in [3.8, 4) is 11.1 Å². The summed E-state index contributed by atoms with van der Waals surface area (Å²) in [4.78, 5) is 11.2. The number of hydrogen-bond acceptors (Lipinski definition) is 2. The van der Waals surface area contributed by atoms with Crippen molar-refractivity contribution in [1.29, 1.82) is 0 Å². The molecule has 2 N–H and O–H groups in total. The third kappa shape index (κ3) is 2.43. The summed E-state index contributed by atoms with van der Waals surface area (Å²) in [7, 11) is 0. The Bertz CT molecular complexity index is 494. The van der Waals surface area contributed by atoms with E-state index in [0.717, 1.165) is 16.7 Å². The van der Waals surface area contributed by atoms with Crippen LogP contribution in [0.2, 0.25) is 0 Å². The van der Waals surface area contributed by atoms with Gasteiger partial charge in [0.15, 0.2) is 0 Å². The number of halogens is 1. The quantitative estimate of drug-likeness (QED) is 0.877. The molecule has 1 aromatic heterocycles. The van der Waals surface area contributed by atoms with Crippen molar-refractivity contribution in [2.24, 2.45) is 5.73 Å². The SMILES string of the molecule is Cc1ccc(-c2ccsc2)cc1C(N)=O.Cl. The molecule has 16 heavy (non-hydrogen) atoms. The Balaban J connectivity index is 0.00000128. The summed E-state index contributed by atoms with van der Waals surface area (Å²) in [5.41, 5.74) is 8.98. The number of aryl methyl sites for hydroxylation is 1. The minimum absolute atomic E-state index is 0. The highest BCUT2D eigenvalue weighted by atomic mass is 35.5. The Morgan fingerprint density at radius 3 is 2.56 bits per heavy atom. The lowest BCUT2D eigenvalue weighted by atomic mass is 10.0. The van der Waals surface area contributed by atoms with E-state index in [1.165, 1.54) is 0 Å². The predicted octanol–water partition coefficient (Wildman–Crippen LogP) is 3.24. The van der Waals surface area contributed by atoms with E-state index in [-0.39, 0.29) is 18.3 Å². The Labute approximate surface area is 105 Å². The average molecular weight is 254 g/mol. The number of primary amides is 1. The molecule has 0 aliphatic carbocycles. The molecular formula is C12H12ClNOS. The Morgan fingerprint density at radius 1 is 1.25 bits per heavy atom. The molecule has 1 aromatic carbocycles. The van der Waals surface area contributed by atoms with Gasteiger partial charge < -0.3 is 5.73 Å². The van der Waals surface area contributed by atoms with E-state index >= 15 is 0 Å². The first-order valence-electron chi connectivity index (χ1n) is 4.61. The number of benzene rings is 1. The minimum atomic E-state index is -0.371. The second-order valence-electron chi connectivity index (χ2n) is 3.41. The molecule has 0 aliphatic rings. The van der Waals surface area contributed by atoms with Crippen LogP contribution in [0.4, 0.5) is 0 Å². The van der Waals surface area contributed by atoms with Gasteiger partial charge in [0.25, 0.3) is 0 Å². The monoisotopic (exact) mass is 253 g/mol. The molecule has 0 fully saturated rings. The summed E-state index contributed by atoms with van der Waals surface area (Å²) >= 11 is 1.64. The van der Waals surface area contributed by atoms with Crippen molar-refractivity contribution < 1.29 is 4.79 Å². The van der Waals surface area contributed by atoms with Crippen LogP contribution in [0.25, 0.3) is 11.1 Å². The van der Waals surface area contributed by atoms with Crippen LogP contribution in [-0.2, 0) is 0 Å². The van der Waals surface area contributed by atoms with Crippen molar-refractivity contribution in [2.75, 3.05) is 0 Å². The number of thiophene rings is 1. The van der Waals surface area contributed by atoms with Gasteiger partial charge in [-0.25, -0.2) is 0 Å². The molecule has 1 heterocycles. The zero-order valence-electron chi connectivity index (χ0n) is 8.77. The van der Waals surface area contributed by atoms with Crippen molar-refractivity contribution in [3.05, 3.63) is 46.2 Å². The largest absolute Gasteiger partial charge is 0.366 e. The van der Waals surface area contributed by atoms with Crippen molar-refractivity contribution in [2.45, 2.75) is 6.92 Å². The first kappa shape index (κ1) is 12.7. The van der Waals surface area contributed by atoms with E-state index in [0.29, 0.717) is 5.56 Å². The zero-order valence-corrected chi connectivity index (χ0v) is 10.4. The molecular weight excluding hydrogens is 242 g/mol. The van der Waals surface area contributed by atoms with Crippen LogP contribution in [0.15, 0.2) is 35.0 Å². The van der Waals surface area contributed by atoms with Crippen LogP contribution in [0.3, 0.4) is 0 Å². The number of rotatable bonds is 2. The highest BCUT2D eigenvalue weighted by molar-refractivity contribution is 7.08. The highest BCUT2D eigenvalue weighted by Crippen LogP contribution is 2.24. The Kier molecular flexibility index (Phi) is 4.10. The average Bonchev–Trinajstić information content (AvgIpc) is 2.71. The molecule has 0 unspecified atom stereocenters. The summed E-state index contributed by atoms with van der Waals surface area (Å²) in [6.45, 7) is 1.89. The van der Waals surface area contributed by atoms with Crippen molar-refractivity contribution >= 4 is 29.7 Å². The molecule has 2 aromatic rings. The number of carbonyl (C=O) groups excluding carboxylic acids is 1. The molecule has 4 heteroatoms. The van der Waals surface area contributed by atoms with Gasteiger partial charge >= 0.3 is 0 Å². The van der Waals surface area contributed by atoms with Gasteiger partial charge in [-0.05, 0) is 46.5 Å². The molecule has 0 radical (unpaired) electrons.